The van der Waals surface area contributed by atoms with Gasteiger partial charge in [-0.05, 0) is 6.54 Å². The van der Waals surface area contributed by atoms with Crippen molar-refractivity contribution in [2.24, 2.45) is 7.05 Å². The molecule has 2 heterocycles. The van der Waals surface area contributed by atoms with Crippen LogP contribution in [0, 0.1) is 0 Å². The average Bonchev–Trinajstić information content (AvgIpc) is 3.01. The highest BCUT2D eigenvalue weighted by Crippen LogP contribution is 2.28. The van der Waals surface area contributed by atoms with Gasteiger partial charge in [0.15, 0.2) is 0 Å². The van der Waals surface area contributed by atoms with Crippen molar-refractivity contribution < 1.29 is 4.74 Å². The largest absolute Gasteiger partial charge is 0.383 e. The Morgan fingerprint density at radius 3 is 2.80 bits per heavy atom. The van der Waals surface area contributed by atoms with Gasteiger partial charge in [-0.2, -0.15) is 10.2 Å². The van der Waals surface area contributed by atoms with E-state index in [1.54, 1.807) is 18.0 Å². The Bertz CT molecular complexity index is 551. The Balaban J connectivity index is 2.35. The zero-order chi connectivity index (χ0) is 14.5. The van der Waals surface area contributed by atoms with Crippen LogP contribution in [0.4, 0.5) is 0 Å². The van der Waals surface area contributed by atoms with E-state index in [-0.39, 0.29) is 6.04 Å². The zero-order valence-electron chi connectivity index (χ0n) is 12.0. The number of methoxy groups -OCH3 is 1. The van der Waals surface area contributed by atoms with Gasteiger partial charge >= 0.3 is 0 Å². The number of hydrogen-bond donors (Lipinski definition) is 1. The quantitative estimate of drug-likeness (QED) is 0.844. The molecule has 0 bridgehead atoms. The van der Waals surface area contributed by atoms with Crippen molar-refractivity contribution in [3.05, 3.63) is 34.9 Å². The smallest absolute Gasteiger partial charge is 0.0837 e. The molecule has 7 heteroatoms. The third-order valence-corrected chi connectivity index (χ3v) is 3.37. The third-order valence-electron chi connectivity index (χ3n) is 3.08. The first kappa shape index (κ1) is 15.0. The summed E-state index contributed by atoms with van der Waals surface area (Å²) < 4.78 is 8.78. The van der Waals surface area contributed by atoms with Gasteiger partial charge in [0, 0.05) is 25.9 Å². The van der Waals surface area contributed by atoms with Crippen LogP contribution in [-0.4, -0.2) is 39.8 Å². The molecule has 6 nitrogen and oxygen atoms in total. The minimum atomic E-state index is -0.0273. The predicted octanol–water partition coefficient (Wildman–Crippen LogP) is 1.62. The maximum atomic E-state index is 6.32. The van der Waals surface area contributed by atoms with Crippen molar-refractivity contribution in [2.75, 3.05) is 20.3 Å². The molecule has 2 aromatic heterocycles. The lowest BCUT2D eigenvalue weighted by atomic mass is 10.1. The van der Waals surface area contributed by atoms with E-state index in [2.05, 4.69) is 22.4 Å². The van der Waals surface area contributed by atoms with Gasteiger partial charge in [0.05, 0.1) is 42.3 Å². The Hall–Kier alpha value is -1.37. The highest BCUT2D eigenvalue weighted by Gasteiger charge is 2.22. The van der Waals surface area contributed by atoms with Crippen LogP contribution in [0.15, 0.2) is 18.6 Å². The van der Waals surface area contributed by atoms with Gasteiger partial charge in [0.2, 0.25) is 0 Å². The van der Waals surface area contributed by atoms with Crippen molar-refractivity contribution in [3.63, 3.8) is 0 Å². The van der Waals surface area contributed by atoms with Gasteiger partial charge in [-0.3, -0.25) is 9.36 Å². The molecular formula is C13H20ClN5O. The van der Waals surface area contributed by atoms with Crippen molar-refractivity contribution in [1.82, 2.24) is 24.9 Å². The SMILES string of the molecule is CCNC(c1cnn(C)c1)c1c(Cl)cnn1CCOC. The number of aromatic nitrogens is 4. The van der Waals surface area contributed by atoms with Gasteiger partial charge in [0.1, 0.15) is 0 Å². The van der Waals surface area contributed by atoms with Gasteiger partial charge in [-0.15, -0.1) is 0 Å². The van der Waals surface area contributed by atoms with Crippen molar-refractivity contribution in [1.29, 1.82) is 0 Å². The van der Waals surface area contributed by atoms with Gasteiger partial charge in [0.25, 0.3) is 0 Å². The van der Waals surface area contributed by atoms with Crippen LogP contribution in [0.25, 0.3) is 0 Å². The minimum Gasteiger partial charge on any atom is -0.383 e. The molecule has 0 spiro atoms. The number of rotatable bonds is 7. The monoisotopic (exact) mass is 297 g/mol. The molecule has 0 radical (unpaired) electrons. The summed E-state index contributed by atoms with van der Waals surface area (Å²) in [4.78, 5) is 0. The summed E-state index contributed by atoms with van der Waals surface area (Å²) in [6.07, 6.45) is 5.50. The Labute approximate surface area is 123 Å². The van der Waals surface area contributed by atoms with E-state index in [0.29, 0.717) is 18.2 Å². The van der Waals surface area contributed by atoms with E-state index in [1.807, 2.05) is 24.1 Å². The molecule has 0 aliphatic carbocycles. The summed E-state index contributed by atoms with van der Waals surface area (Å²) in [7, 11) is 3.57. The van der Waals surface area contributed by atoms with E-state index in [0.717, 1.165) is 17.8 Å². The molecule has 0 amide bonds. The van der Waals surface area contributed by atoms with Crippen molar-refractivity contribution in [3.8, 4) is 0 Å². The molecule has 0 saturated heterocycles. The second kappa shape index (κ2) is 6.88. The molecule has 2 rings (SSSR count). The lowest BCUT2D eigenvalue weighted by Gasteiger charge is -2.19. The second-order valence-corrected chi connectivity index (χ2v) is 4.94. The van der Waals surface area contributed by atoms with E-state index >= 15 is 0 Å². The lowest BCUT2D eigenvalue weighted by molar-refractivity contribution is 0.182. The molecule has 1 unspecified atom stereocenters. The van der Waals surface area contributed by atoms with Crippen LogP contribution in [0.5, 0.6) is 0 Å². The summed E-state index contributed by atoms with van der Waals surface area (Å²) >= 11 is 6.32. The molecule has 0 aliphatic heterocycles. The van der Waals surface area contributed by atoms with E-state index < -0.39 is 0 Å². The molecule has 0 saturated carbocycles. The number of halogens is 1. The first-order chi connectivity index (χ1) is 9.67. The number of nitrogens with zero attached hydrogens (tertiary/aromatic N) is 4. The Morgan fingerprint density at radius 1 is 1.40 bits per heavy atom. The molecule has 1 atom stereocenters. The molecular weight excluding hydrogens is 278 g/mol. The average molecular weight is 298 g/mol. The van der Waals surface area contributed by atoms with Gasteiger partial charge < -0.3 is 10.1 Å². The predicted molar refractivity (Wildman–Crippen MR) is 77.8 cm³/mol. The number of hydrogen-bond acceptors (Lipinski definition) is 4. The van der Waals surface area contributed by atoms with E-state index in [9.17, 15) is 0 Å². The third kappa shape index (κ3) is 3.20. The fraction of sp³-hybridized carbons (Fsp3) is 0.538. The maximum Gasteiger partial charge on any atom is 0.0837 e. The summed E-state index contributed by atoms with van der Waals surface area (Å²) in [6.45, 7) is 4.15. The topological polar surface area (TPSA) is 56.9 Å². The van der Waals surface area contributed by atoms with Crippen LogP contribution >= 0.6 is 11.6 Å². The summed E-state index contributed by atoms with van der Waals surface area (Å²) in [6, 6.07) is -0.0273. The maximum absolute atomic E-state index is 6.32. The van der Waals surface area contributed by atoms with Crippen LogP contribution < -0.4 is 5.32 Å². The molecule has 110 valence electrons. The highest BCUT2D eigenvalue weighted by molar-refractivity contribution is 6.31. The van der Waals surface area contributed by atoms with Gasteiger partial charge in [-0.25, -0.2) is 0 Å². The molecule has 2 aromatic rings. The molecule has 1 N–H and O–H groups in total. The fourth-order valence-corrected chi connectivity index (χ4v) is 2.43. The van der Waals surface area contributed by atoms with Crippen LogP contribution in [0.1, 0.15) is 24.2 Å². The van der Waals surface area contributed by atoms with E-state index in [4.69, 9.17) is 16.3 Å². The number of aryl methyl sites for hydroxylation is 1. The number of nitrogens with one attached hydrogen (secondary N) is 1. The van der Waals surface area contributed by atoms with Crippen molar-refractivity contribution >= 4 is 11.6 Å². The van der Waals surface area contributed by atoms with E-state index in [1.165, 1.54) is 0 Å². The Morgan fingerprint density at radius 2 is 2.20 bits per heavy atom. The highest BCUT2D eigenvalue weighted by atomic mass is 35.5. The molecule has 0 aromatic carbocycles. The number of ether oxygens (including phenoxy) is 1. The van der Waals surface area contributed by atoms with Crippen LogP contribution in [-0.2, 0) is 18.3 Å². The Kier molecular flexibility index (Phi) is 5.17. The summed E-state index contributed by atoms with van der Waals surface area (Å²) in [5.41, 5.74) is 2.01. The van der Waals surface area contributed by atoms with Gasteiger partial charge in [-0.1, -0.05) is 18.5 Å². The molecule has 0 fully saturated rings. The zero-order valence-corrected chi connectivity index (χ0v) is 12.8. The van der Waals surface area contributed by atoms with Crippen molar-refractivity contribution in [2.45, 2.75) is 19.5 Å². The lowest BCUT2D eigenvalue weighted by Crippen LogP contribution is -2.25. The first-order valence-corrected chi connectivity index (χ1v) is 6.97. The molecule has 0 aliphatic rings. The standard InChI is InChI=1S/C13H20ClN5O/c1-4-15-12(10-7-16-18(2)9-10)13-11(14)8-17-19(13)5-6-20-3/h7-9,12,15H,4-6H2,1-3H3. The minimum absolute atomic E-state index is 0.0273. The van der Waals surface area contributed by atoms with Crippen LogP contribution in [0.2, 0.25) is 5.02 Å². The normalized spacial score (nSPS) is 12.8. The summed E-state index contributed by atoms with van der Waals surface area (Å²) in [5, 5.41) is 12.6. The fourth-order valence-electron chi connectivity index (χ4n) is 2.18. The first-order valence-electron chi connectivity index (χ1n) is 6.59. The summed E-state index contributed by atoms with van der Waals surface area (Å²) in [5.74, 6) is 0. The second-order valence-electron chi connectivity index (χ2n) is 4.53. The molecule has 20 heavy (non-hydrogen) atoms. The van der Waals surface area contributed by atoms with Crippen LogP contribution in [0.3, 0.4) is 0 Å².